The quantitative estimate of drug-likeness (QED) is 0.780. The van der Waals surface area contributed by atoms with Crippen LogP contribution in [0.15, 0.2) is 52.9 Å². The van der Waals surface area contributed by atoms with E-state index in [1.165, 1.54) is 0 Å². The fourth-order valence-corrected chi connectivity index (χ4v) is 1.95. The second-order valence-corrected chi connectivity index (χ2v) is 4.60. The van der Waals surface area contributed by atoms with Gasteiger partial charge in [0.25, 0.3) is 0 Å². The summed E-state index contributed by atoms with van der Waals surface area (Å²) >= 11 is 0. The van der Waals surface area contributed by atoms with E-state index in [1.54, 1.807) is 18.2 Å². The SMILES string of the molecule is O=C(O)COc1ccc(C=Cc2nc3ccccc3o2)cc1. The molecule has 0 saturated carbocycles. The summed E-state index contributed by atoms with van der Waals surface area (Å²) in [4.78, 5) is 14.8. The van der Waals surface area contributed by atoms with Crippen molar-refractivity contribution < 1.29 is 19.1 Å². The maximum atomic E-state index is 10.4. The second kappa shape index (κ2) is 6.13. The van der Waals surface area contributed by atoms with Crippen molar-refractivity contribution >= 4 is 29.2 Å². The molecule has 3 aromatic rings. The normalized spacial score (nSPS) is 11.1. The van der Waals surface area contributed by atoms with Gasteiger partial charge in [-0.05, 0) is 35.9 Å². The molecule has 0 spiro atoms. The molecule has 22 heavy (non-hydrogen) atoms. The van der Waals surface area contributed by atoms with E-state index in [4.69, 9.17) is 14.3 Å². The zero-order valence-corrected chi connectivity index (χ0v) is 11.6. The number of ether oxygens (including phenoxy) is 1. The van der Waals surface area contributed by atoms with E-state index in [0.717, 1.165) is 16.7 Å². The highest BCUT2D eigenvalue weighted by molar-refractivity contribution is 5.76. The van der Waals surface area contributed by atoms with Gasteiger partial charge >= 0.3 is 5.97 Å². The molecule has 0 unspecified atom stereocenters. The van der Waals surface area contributed by atoms with Gasteiger partial charge in [-0.15, -0.1) is 0 Å². The molecule has 0 atom stereocenters. The second-order valence-electron chi connectivity index (χ2n) is 4.60. The Kier molecular flexibility index (Phi) is 3.87. The maximum absolute atomic E-state index is 10.4. The molecule has 5 heteroatoms. The molecular weight excluding hydrogens is 282 g/mol. The average molecular weight is 295 g/mol. The first-order chi connectivity index (χ1) is 10.7. The number of carbonyl (C=O) groups is 1. The molecule has 0 fully saturated rings. The standard InChI is InChI=1S/C17H13NO4/c19-17(20)11-21-13-8-5-12(6-9-13)7-10-16-18-14-3-1-2-4-15(14)22-16/h1-10H,11H2,(H,19,20). The number of hydrogen-bond donors (Lipinski definition) is 1. The molecule has 0 radical (unpaired) electrons. The first-order valence-electron chi connectivity index (χ1n) is 6.69. The molecule has 0 saturated heterocycles. The van der Waals surface area contributed by atoms with Gasteiger partial charge in [0, 0.05) is 6.08 Å². The molecular formula is C17H13NO4. The van der Waals surface area contributed by atoms with Crippen molar-refractivity contribution in [3.63, 3.8) is 0 Å². The zero-order chi connectivity index (χ0) is 15.4. The fraction of sp³-hybridized carbons (Fsp3) is 0.0588. The molecule has 3 rings (SSSR count). The van der Waals surface area contributed by atoms with Crippen molar-refractivity contribution in [3.8, 4) is 5.75 Å². The molecule has 0 amide bonds. The lowest BCUT2D eigenvalue weighted by Crippen LogP contribution is -2.09. The van der Waals surface area contributed by atoms with Crippen LogP contribution < -0.4 is 4.74 Å². The third-order valence-corrected chi connectivity index (χ3v) is 2.97. The first kappa shape index (κ1) is 13.9. The van der Waals surface area contributed by atoms with E-state index in [-0.39, 0.29) is 6.61 Å². The minimum Gasteiger partial charge on any atom is -0.482 e. The number of para-hydroxylation sites is 2. The van der Waals surface area contributed by atoms with Gasteiger partial charge in [-0.1, -0.05) is 24.3 Å². The monoisotopic (exact) mass is 295 g/mol. The summed E-state index contributed by atoms with van der Waals surface area (Å²) < 4.78 is 10.7. The lowest BCUT2D eigenvalue weighted by Gasteiger charge is -2.02. The summed E-state index contributed by atoms with van der Waals surface area (Å²) in [5, 5.41) is 8.55. The number of aliphatic carboxylic acids is 1. The highest BCUT2D eigenvalue weighted by Crippen LogP contribution is 2.18. The van der Waals surface area contributed by atoms with Crippen LogP contribution in [0.3, 0.4) is 0 Å². The third-order valence-electron chi connectivity index (χ3n) is 2.97. The van der Waals surface area contributed by atoms with Gasteiger partial charge < -0.3 is 14.3 Å². The van der Waals surface area contributed by atoms with E-state index < -0.39 is 5.97 Å². The lowest BCUT2D eigenvalue weighted by atomic mass is 10.2. The Morgan fingerprint density at radius 1 is 1.14 bits per heavy atom. The highest BCUT2D eigenvalue weighted by atomic mass is 16.5. The van der Waals surface area contributed by atoms with Gasteiger partial charge in [0.05, 0.1) is 0 Å². The number of rotatable bonds is 5. The number of fused-ring (bicyclic) bond motifs is 1. The van der Waals surface area contributed by atoms with E-state index >= 15 is 0 Å². The van der Waals surface area contributed by atoms with Crippen LogP contribution in [0.1, 0.15) is 11.5 Å². The van der Waals surface area contributed by atoms with Crippen LogP contribution in [0.5, 0.6) is 5.75 Å². The third kappa shape index (κ3) is 3.32. The van der Waals surface area contributed by atoms with Crippen molar-refractivity contribution in [1.29, 1.82) is 0 Å². The van der Waals surface area contributed by atoms with Crippen LogP contribution in [0, 0.1) is 0 Å². The Hall–Kier alpha value is -3.08. The minimum atomic E-state index is -1.00. The summed E-state index contributed by atoms with van der Waals surface area (Å²) in [5.74, 6) is 0.0498. The first-order valence-corrected chi connectivity index (χ1v) is 6.69. The number of carboxylic acids is 1. The Morgan fingerprint density at radius 3 is 2.64 bits per heavy atom. The van der Waals surface area contributed by atoms with Gasteiger partial charge in [-0.3, -0.25) is 0 Å². The van der Waals surface area contributed by atoms with Crippen molar-refractivity contribution in [2.45, 2.75) is 0 Å². The summed E-state index contributed by atoms with van der Waals surface area (Å²) in [6, 6.07) is 14.7. The Labute approximate surface area is 126 Å². The number of carboxylic acid groups (broad SMARTS) is 1. The van der Waals surface area contributed by atoms with Crippen LogP contribution in [0.2, 0.25) is 0 Å². The lowest BCUT2D eigenvalue weighted by molar-refractivity contribution is -0.139. The maximum Gasteiger partial charge on any atom is 0.341 e. The Bertz CT molecular complexity index is 785. The molecule has 1 aromatic heterocycles. The largest absolute Gasteiger partial charge is 0.482 e. The topological polar surface area (TPSA) is 72.6 Å². The van der Waals surface area contributed by atoms with Crippen LogP contribution in [0.25, 0.3) is 23.3 Å². The fourth-order valence-electron chi connectivity index (χ4n) is 1.95. The smallest absolute Gasteiger partial charge is 0.341 e. The van der Waals surface area contributed by atoms with Gasteiger partial charge in [0.15, 0.2) is 12.2 Å². The van der Waals surface area contributed by atoms with Crippen molar-refractivity contribution in [1.82, 2.24) is 4.98 Å². The number of oxazole rings is 1. The summed E-state index contributed by atoms with van der Waals surface area (Å²) in [6.07, 6.45) is 3.65. The van der Waals surface area contributed by atoms with Crippen LogP contribution in [-0.2, 0) is 4.79 Å². The van der Waals surface area contributed by atoms with Gasteiger partial charge in [0.2, 0.25) is 5.89 Å². The molecule has 0 aliphatic rings. The zero-order valence-electron chi connectivity index (χ0n) is 11.6. The summed E-state index contributed by atoms with van der Waals surface area (Å²) in [7, 11) is 0. The molecule has 1 heterocycles. The minimum absolute atomic E-state index is 0.349. The van der Waals surface area contributed by atoms with Crippen molar-refractivity contribution in [2.24, 2.45) is 0 Å². The van der Waals surface area contributed by atoms with E-state index in [0.29, 0.717) is 11.6 Å². The highest BCUT2D eigenvalue weighted by Gasteiger charge is 2.01. The van der Waals surface area contributed by atoms with Crippen LogP contribution in [0.4, 0.5) is 0 Å². The Morgan fingerprint density at radius 2 is 1.91 bits per heavy atom. The van der Waals surface area contributed by atoms with Crippen LogP contribution >= 0.6 is 0 Å². The molecule has 0 aliphatic heterocycles. The van der Waals surface area contributed by atoms with Gasteiger partial charge in [0.1, 0.15) is 11.3 Å². The molecule has 2 aromatic carbocycles. The predicted molar refractivity (Wildman–Crippen MR) is 82.5 cm³/mol. The number of hydrogen-bond acceptors (Lipinski definition) is 4. The van der Waals surface area contributed by atoms with Crippen LogP contribution in [-0.4, -0.2) is 22.7 Å². The number of benzene rings is 2. The van der Waals surface area contributed by atoms with Crippen molar-refractivity contribution in [2.75, 3.05) is 6.61 Å². The molecule has 0 aliphatic carbocycles. The predicted octanol–water partition coefficient (Wildman–Crippen LogP) is 3.46. The molecule has 0 bridgehead atoms. The van der Waals surface area contributed by atoms with Crippen molar-refractivity contribution in [3.05, 3.63) is 60.0 Å². The molecule has 110 valence electrons. The average Bonchev–Trinajstić information content (AvgIpc) is 2.95. The van der Waals surface area contributed by atoms with E-state index in [2.05, 4.69) is 4.98 Å². The van der Waals surface area contributed by atoms with Gasteiger partial charge in [-0.25, -0.2) is 9.78 Å². The molecule has 1 N–H and O–H groups in total. The van der Waals surface area contributed by atoms with Gasteiger partial charge in [-0.2, -0.15) is 0 Å². The molecule has 5 nitrogen and oxygen atoms in total. The number of aromatic nitrogens is 1. The van der Waals surface area contributed by atoms with E-state index in [9.17, 15) is 4.79 Å². The summed E-state index contributed by atoms with van der Waals surface area (Å²) in [5.41, 5.74) is 2.50. The summed E-state index contributed by atoms with van der Waals surface area (Å²) in [6.45, 7) is -0.349. The Balaban J connectivity index is 1.70. The number of nitrogens with zero attached hydrogens (tertiary/aromatic N) is 1. The van der Waals surface area contributed by atoms with E-state index in [1.807, 2.05) is 42.5 Å².